The Hall–Kier alpha value is -9.70. The summed E-state index contributed by atoms with van der Waals surface area (Å²) in [5.74, 6) is 5.37. The van der Waals surface area contributed by atoms with Crippen LogP contribution in [0.5, 0.6) is 17.2 Å². The van der Waals surface area contributed by atoms with E-state index < -0.39 is 43.2 Å². The minimum absolute atomic E-state index is 0.181. The minimum Gasteiger partial charge on any atom is -0.492 e. The highest BCUT2D eigenvalue weighted by molar-refractivity contribution is 7.88. The molecular weight excluding hydrogens is 1960 g/mol. The number of nitrogens with two attached hydrogens (primary N) is 4. The van der Waals surface area contributed by atoms with Crippen molar-refractivity contribution in [3.05, 3.63) is 155 Å². The molecule has 13 aromatic heterocycles. The summed E-state index contributed by atoms with van der Waals surface area (Å²) in [6.45, 7) is 21.9. The van der Waals surface area contributed by atoms with Gasteiger partial charge in [-0.05, 0) is 148 Å². The standard InChI is InChI=1S/C27H33N5O2S3.C26H30N4O4S3.C26H30N4O3S3.C18H19N5OS3/c1-3-4-17-37(33)27-24(28)23-21(18-22(30-26(23)36-27)25-29-9-16-35-25)19-5-7-20(8-6-19)34-15-14-32-12-10-31(2)11-13-32;1-4-5-14-37(32)26-23(27)22-19(15-20(29-25(22)36-26)24-28-10-13-35-24)17-6-8-18(9-7-17)33-11-12-34-21(31)16-30(2)3;1-2-3-16-36(31)26-23(27)22-20(17-21(29-25(22)35-26)24-28-8-15-34-24)18-4-6-19(7-5-18)33-14-11-30-9-12-32-13-10-30;1-4-7-27(24)18-15(19)14-11(13-9-21-10(2)23(13)3)8-12(22-17(14)26-18)16-20-5-6-25-16/h5-9,16,18H,3-4,10-15,17,28H2,1-2H3;6-10,13,15H,4-5,11-12,14,16,27H2,1-3H3;4-8,15,17H,2-3,9-14,16,27H2,1H3;5-6,8-9H,4,7,19H2,1-3H3. The third-order valence-electron chi connectivity index (χ3n) is 22.6. The number of unbranched alkanes of at least 4 members (excludes halogenated alkanes) is 3. The number of aromatic nitrogens is 10. The van der Waals surface area contributed by atoms with Gasteiger partial charge in [0.15, 0.2) is 0 Å². The SMILES string of the molecule is CCCCS(=O)c1sc2nc(-c3nccs3)cc(-c3ccc(OCCN4CCN(C)CC4)cc3)c2c1N.CCCCS(=O)c1sc2nc(-c3nccs3)cc(-c3ccc(OCCN4CCOCC4)cc3)c2c1N.CCCCS(=O)c1sc2nc(-c3nccs3)cc(-c3ccc(OCCOC(=O)CN(C)C)cc3)c2c1N.CCCS(=O)c1sc2nc(-c3nccs3)cc(-c3cnc(C)n3C)c2c1N. The Morgan fingerprint density at radius 3 is 1.09 bits per heavy atom. The van der Waals surface area contributed by atoms with Crippen molar-refractivity contribution in [1.82, 2.24) is 69.0 Å². The Labute approximate surface area is 839 Å². The molecule has 0 saturated carbocycles. The first-order valence-corrected chi connectivity index (χ1v) is 57.4. The molecule has 722 valence electrons. The highest BCUT2D eigenvalue weighted by atomic mass is 32.2. The number of nitrogens with zero attached hydrogens (tertiary/aromatic N) is 14. The molecule has 2 saturated heterocycles. The first kappa shape index (κ1) is 102. The van der Waals surface area contributed by atoms with Gasteiger partial charge < -0.3 is 56.1 Å². The third-order valence-corrected chi connectivity index (χ3v) is 37.9. The van der Waals surface area contributed by atoms with Gasteiger partial charge in [-0.15, -0.1) is 90.7 Å². The lowest BCUT2D eigenvalue weighted by Gasteiger charge is -2.32. The van der Waals surface area contributed by atoms with Gasteiger partial charge in [0.05, 0.1) is 97.6 Å². The summed E-state index contributed by atoms with van der Waals surface area (Å²) in [6.07, 6.45) is 15.4. The van der Waals surface area contributed by atoms with Crippen LogP contribution in [0, 0.1) is 6.92 Å². The topological polar surface area (TPSA) is 369 Å². The number of thiophene rings is 4. The van der Waals surface area contributed by atoms with Crippen LogP contribution in [-0.4, -0.2) is 235 Å². The Morgan fingerprint density at radius 1 is 0.431 bits per heavy atom. The number of fused-ring (bicyclic) bond motifs is 4. The quantitative estimate of drug-likeness (QED) is 0.0207. The number of nitrogen functional groups attached to an aromatic ring is 4. The van der Waals surface area contributed by atoms with Crippen molar-refractivity contribution in [3.63, 3.8) is 0 Å². The maximum absolute atomic E-state index is 13.0. The van der Waals surface area contributed by atoms with Gasteiger partial charge in [-0.25, -0.2) is 44.9 Å². The summed E-state index contributed by atoms with van der Waals surface area (Å²) < 4.78 is 84.8. The summed E-state index contributed by atoms with van der Waals surface area (Å²) in [5.41, 5.74) is 39.4. The molecule has 16 aromatic rings. The Bertz CT molecular complexity index is 6800. The van der Waals surface area contributed by atoms with Crippen LogP contribution in [0.1, 0.15) is 78.5 Å². The van der Waals surface area contributed by atoms with Crippen LogP contribution < -0.4 is 37.1 Å². The van der Waals surface area contributed by atoms with Crippen molar-refractivity contribution in [2.24, 2.45) is 7.05 Å². The zero-order valence-electron chi connectivity index (χ0n) is 77.9. The normalized spacial score (nSPS) is 14.1. The van der Waals surface area contributed by atoms with Crippen LogP contribution >= 0.6 is 90.7 Å². The van der Waals surface area contributed by atoms with Gasteiger partial charge in [-0.1, -0.05) is 83.4 Å². The number of hydrogen-bond donors (Lipinski definition) is 4. The fraction of sp³-hybridized carbons (Fsp3) is 0.361. The molecule has 0 bridgehead atoms. The molecule has 15 heterocycles. The molecule has 0 amide bonds. The van der Waals surface area contributed by atoms with Gasteiger partial charge in [0.25, 0.3) is 0 Å². The summed E-state index contributed by atoms with van der Waals surface area (Å²) in [4.78, 5) is 65.2. The van der Waals surface area contributed by atoms with Crippen LogP contribution in [0.15, 0.2) is 166 Å². The lowest BCUT2D eigenvalue weighted by Crippen LogP contribution is -2.45. The van der Waals surface area contributed by atoms with Crippen molar-refractivity contribution < 1.29 is 45.3 Å². The molecular formula is C97H112N18O10S12. The van der Waals surface area contributed by atoms with E-state index in [2.05, 4.69) is 91.7 Å². The van der Waals surface area contributed by atoms with Crippen LogP contribution in [0.3, 0.4) is 0 Å². The molecule has 137 heavy (non-hydrogen) atoms. The summed E-state index contributed by atoms with van der Waals surface area (Å²) in [5, 5.41) is 14.5. The van der Waals surface area contributed by atoms with E-state index in [0.29, 0.717) is 77.4 Å². The van der Waals surface area contributed by atoms with Crippen LogP contribution in [0.25, 0.3) is 128 Å². The molecule has 18 rings (SSSR count). The monoisotopic (exact) mass is 2070 g/mol. The van der Waals surface area contributed by atoms with E-state index in [1.807, 2.05) is 140 Å². The first-order chi connectivity index (χ1) is 66.5. The number of thiazole rings is 4. The van der Waals surface area contributed by atoms with E-state index in [1.165, 1.54) is 56.7 Å². The van der Waals surface area contributed by atoms with Crippen molar-refractivity contribution >= 4 is 203 Å². The number of ether oxygens (including phenoxy) is 5. The number of carbonyl (C=O) groups is 1. The number of carbonyl (C=O) groups excluding carboxylic acids is 1. The van der Waals surface area contributed by atoms with Gasteiger partial charge in [0.2, 0.25) is 0 Å². The smallest absolute Gasteiger partial charge is 0.320 e. The highest BCUT2D eigenvalue weighted by Gasteiger charge is 2.29. The zero-order chi connectivity index (χ0) is 96.2. The number of esters is 1. The fourth-order valence-electron chi connectivity index (χ4n) is 15.2. The Kier molecular flexibility index (Phi) is 36.3. The van der Waals surface area contributed by atoms with Crippen molar-refractivity contribution in [2.45, 2.75) is 96.4 Å². The van der Waals surface area contributed by atoms with Gasteiger partial charge >= 0.3 is 5.97 Å². The van der Waals surface area contributed by atoms with Crippen LogP contribution in [0.2, 0.25) is 0 Å². The summed E-state index contributed by atoms with van der Waals surface area (Å²) in [6, 6.07) is 32.0. The van der Waals surface area contributed by atoms with Crippen LogP contribution in [0.4, 0.5) is 22.7 Å². The number of rotatable bonds is 37. The van der Waals surface area contributed by atoms with Gasteiger partial charge in [0.1, 0.15) is 128 Å². The van der Waals surface area contributed by atoms with Gasteiger partial charge in [-0.3, -0.25) is 36.3 Å². The zero-order valence-corrected chi connectivity index (χ0v) is 87.7. The predicted molar refractivity (Wildman–Crippen MR) is 571 cm³/mol. The van der Waals surface area contributed by atoms with Crippen molar-refractivity contribution in [1.29, 1.82) is 0 Å². The number of imidazole rings is 1. The largest absolute Gasteiger partial charge is 0.492 e. The number of anilines is 4. The molecule has 40 heteroatoms. The molecule has 3 aromatic carbocycles. The molecule has 0 radical (unpaired) electrons. The number of morpholine rings is 1. The third kappa shape index (κ3) is 25.4. The number of benzene rings is 3. The minimum atomic E-state index is -1.17. The van der Waals surface area contributed by atoms with Crippen LogP contribution in [-0.2, 0) is 64.5 Å². The lowest BCUT2D eigenvalue weighted by atomic mass is 10.0. The average molecular weight is 2070 g/mol. The number of hydrogen-bond acceptors (Lipinski definition) is 35. The molecule has 2 aliphatic rings. The average Bonchev–Trinajstić information content (AvgIpc) is 1.61. The number of pyridine rings is 4. The molecule has 28 nitrogen and oxygen atoms in total. The molecule has 2 fully saturated rings. The van der Waals surface area contributed by atoms with Gasteiger partial charge in [-0.2, -0.15) is 0 Å². The second kappa shape index (κ2) is 48.9. The molecule has 4 atom stereocenters. The molecule has 2 aliphatic heterocycles. The maximum Gasteiger partial charge on any atom is 0.320 e. The predicted octanol–water partition coefficient (Wildman–Crippen LogP) is 19.8. The van der Waals surface area contributed by atoms with Crippen molar-refractivity contribution in [2.75, 3.05) is 166 Å². The first-order valence-electron chi connectivity index (χ1n) is 45.3. The number of likely N-dealkylation sites (N-methyl/N-ethyl adjacent to an activating group) is 2. The molecule has 8 N–H and O–H groups in total. The molecule has 0 spiro atoms. The van der Waals surface area contributed by atoms with E-state index >= 15 is 0 Å². The summed E-state index contributed by atoms with van der Waals surface area (Å²) in [7, 11) is 3.21. The summed E-state index contributed by atoms with van der Waals surface area (Å²) >= 11 is 11.8. The van der Waals surface area contributed by atoms with Crippen molar-refractivity contribution in [3.8, 4) is 105 Å². The maximum atomic E-state index is 13.0. The van der Waals surface area contributed by atoms with E-state index in [-0.39, 0.29) is 25.7 Å². The highest BCUT2D eigenvalue weighted by Crippen LogP contribution is 2.49. The van der Waals surface area contributed by atoms with E-state index in [9.17, 15) is 21.6 Å². The lowest BCUT2D eigenvalue weighted by molar-refractivity contribution is -0.145. The number of aryl methyl sites for hydroxylation is 1. The fourth-order valence-corrected chi connectivity index (χ4v) is 28.6. The Balaban J connectivity index is 0.000000140. The van der Waals surface area contributed by atoms with E-state index in [0.717, 1.165) is 260 Å². The van der Waals surface area contributed by atoms with E-state index in [1.54, 1.807) is 63.7 Å². The Morgan fingerprint density at radius 2 is 0.766 bits per heavy atom. The molecule has 0 aliphatic carbocycles. The molecule has 4 unspecified atom stereocenters. The second-order valence-corrected chi connectivity index (χ2v) is 47.3. The van der Waals surface area contributed by atoms with Gasteiger partial charge in [0, 0.05) is 156 Å². The number of piperazine rings is 1. The second-order valence-electron chi connectivity index (χ2n) is 32.7. The van der Waals surface area contributed by atoms with E-state index in [4.69, 9.17) is 66.6 Å².